The molecule has 2 amide bonds. The van der Waals surface area contributed by atoms with Gasteiger partial charge in [-0.15, -0.1) is 0 Å². The lowest BCUT2D eigenvalue weighted by Crippen LogP contribution is -2.12. The number of carbonyl (C=O) groups is 2. The van der Waals surface area contributed by atoms with Crippen molar-refractivity contribution in [3.63, 3.8) is 0 Å². The van der Waals surface area contributed by atoms with Crippen LogP contribution in [-0.4, -0.2) is 24.9 Å². The van der Waals surface area contributed by atoms with Crippen molar-refractivity contribution in [2.24, 2.45) is 0 Å². The summed E-state index contributed by atoms with van der Waals surface area (Å²) in [5.41, 5.74) is 0. The Labute approximate surface area is 98.2 Å². The summed E-state index contributed by atoms with van der Waals surface area (Å²) in [6.45, 7) is 6.14. The monoisotopic (exact) mass is 228 g/mol. The molecule has 0 aromatic heterocycles. The standard InChI is InChI=1S/2C4H7NO.C4H10/c2*6-4-2-1-3-5-4;1-3-4-2/h2*1-3H2,(H,5,6);3-4H2,1-2H3. The highest BCUT2D eigenvalue weighted by atomic mass is 16.2. The van der Waals surface area contributed by atoms with E-state index in [-0.39, 0.29) is 11.8 Å². The average Bonchev–Trinajstić information content (AvgIpc) is 2.93. The fraction of sp³-hybridized carbons (Fsp3) is 0.833. The molecule has 2 aliphatic heterocycles. The van der Waals surface area contributed by atoms with Crippen molar-refractivity contribution in [1.82, 2.24) is 10.6 Å². The third-order valence-corrected chi connectivity index (χ3v) is 2.31. The molecule has 94 valence electrons. The fourth-order valence-electron chi connectivity index (χ4n) is 1.13. The first-order valence-electron chi connectivity index (χ1n) is 6.24. The van der Waals surface area contributed by atoms with Crippen molar-refractivity contribution >= 4 is 11.8 Å². The molecule has 2 heterocycles. The van der Waals surface area contributed by atoms with Gasteiger partial charge in [0.15, 0.2) is 0 Å². The van der Waals surface area contributed by atoms with Crippen molar-refractivity contribution in [3.05, 3.63) is 0 Å². The van der Waals surface area contributed by atoms with Gasteiger partial charge in [0.25, 0.3) is 0 Å². The predicted octanol–water partition coefficient (Wildman–Crippen LogP) is 1.60. The van der Waals surface area contributed by atoms with E-state index in [1.54, 1.807) is 0 Å². The molecule has 16 heavy (non-hydrogen) atoms. The number of carbonyl (C=O) groups excluding carboxylic acids is 2. The maximum atomic E-state index is 10.1. The van der Waals surface area contributed by atoms with E-state index in [9.17, 15) is 9.59 Å². The SMILES string of the molecule is CCCC.O=C1CCCN1.O=C1CCCN1. The molecule has 0 aromatic rings. The molecule has 2 N–H and O–H groups in total. The molecule has 0 atom stereocenters. The molecule has 0 aliphatic carbocycles. The van der Waals surface area contributed by atoms with Gasteiger partial charge in [-0.05, 0) is 12.8 Å². The van der Waals surface area contributed by atoms with Gasteiger partial charge in [0, 0.05) is 25.9 Å². The Morgan fingerprint density at radius 1 is 0.875 bits per heavy atom. The van der Waals surface area contributed by atoms with Gasteiger partial charge in [-0.25, -0.2) is 0 Å². The van der Waals surface area contributed by atoms with Crippen LogP contribution < -0.4 is 10.6 Å². The van der Waals surface area contributed by atoms with Crippen LogP contribution in [0.3, 0.4) is 0 Å². The second-order valence-corrected chi connectivity index (χ2v) is 3.91. The van der Waals surface area contributed by atoms with Gasteiger partial charge in [-0.1, -0.05) is 26.7 Å². The van der Waals surface area contributed by atoms with E-state index in [2.05, 4.69) is 24.5 Å². The first kappa shape index (κ1) is 14.9. The van der Waals surface area contributed by atoms with Gasteiger partial charge in [0.05, 0.1) is 0 Å². The van der Waals surface area contributed by atoms with E-state index < -0.39 is 0 Å². The number of hydrogen-bond donors (Lipinski definition) is 2. The molecule has 0 bridgehead atoms. The van der Waals surface area contributed by atoms with Gasteiger partial charge < -0.3 is 10.6 Å². The molecule has 0 spiro atoms. The van der Waals surface area contributed by atoms with Crippen LogP contribution in [0.15, 0.2) is 0 Å². The van der Waals surface area contributed by atoms with Crippen LogP contribution in [0.5, 0.6) is 0 Å². The summed E-state index contributed by atoms with van der Waals surface area (Å²) in [6, 6.07) is 0. The number of unbranched alkanes of at least 4 members (excludes halogenated alkanes) is 1. The smallest absolute Gasteiger partial charge is 0.220 e. The van der Waals surface area contributed by atoms with Gasteiger partial charge in [-0.2, -0.15) is 0 Å². The van der Waals surface area contributed by atoms with Crippen LogP contribution in [-0.2, 0) is 9.59 Å². The van der Waals surface area contributed by atoms with Crippen molar-refractivity contribution < 1.29 is 9.59 Å². The topological polar surface area (TPSA) is 58.2 Å². The van der Waals surface area contributed by atoms with Crippen LogP contribution in [0.2, 0.25) is 0 Å². The van der Waals surface area contributed by atoms with Crippen molar-refractivity contribution in [2.45, 2.75) is 52.4 Å². The first-order valence-corrected chi connectivity index (χ1v) is 6.24. The molecule has 0 radical (unpaired) electrons. The molecule has 4 nitrogen and oxygen atoms in total. The maximum absolute atomic E-state index is 10.1. The molecule has 0 unspecified atom stereocenters. The van der Waals surface area contributed by atoms with E-state index >= 15 is 0 Å². The normalized spacial score (nSPS) is 17.6. The highest BCUT2D eigenvalue weighted by Gasteiger charge is 2.05. The largest absolute Gasteiger partial charge is 0.356 e. The van der Waals surface area contributed by atoms with Crippen LogP contribution in [0, 0.1) is 0 Å². The molecule has 0 aromatic carbocycles. The minimum atomic E-state index is 0.204. The van der Waals surface area contributed by atoms with Gasteiger partial charge in [0.1, 0.15) is 0 Å². The molecule has 2 aliphatic rings. The Bertz CT molecular complexity index is 167. The van der Waals surface area contributed by atoms with E-state index in [4.69, 9.17) is 0 Å². The van der Waals surface area contributed by atoms with Crippen molar-refractivity contribution in [2.75, 3.05) is 13.1 Å². The molecular weight excluding hydrogens is 204 g/mol. The van der Waals surface area contributed by atoms with Gasteiger partial charge in [-0.3, -0.25) is 9.59 Å². The lowest BCUT2D eigenvalue weighted by molar-refractivity contribution is -0.119. The summed E-state index contributed by atoms with van der Waals surface area (Å²) in [7, 11) is 0. The van der Waals surface area contributed by atoms with E-state index in [0.29, 0.717) is 0 Å². The molecular formula is C12H24N2O2. The van der Waals surface area contributed by atoms with Crippen molar-refractivity contribution in [1.29, 1.82) is 0 Å². The Morgan fingerprint density at radius 3 is 1.31 bits per heavy atom. The highest BCUT2D eigenvalue weighted by Crippen LogP contribution is 1.93. The second-order valence-electron chi connectivity index (χ2n) is 3.91. The summed E-state index contributed by atoms with van der Waals surface area (Å²) in [5, 5.41) is 5.36. The first-order chi connectivity index (χ1) is 7.70. The Kier molecular flexibility index (Phi) is 9.76. The summed E-state index contributed by atoms with van der Waals surface area (Å²) in [5.74, 6) is 0.407. The number of nitrogens with one attached hydrogen (secondary N) is 2. The molecule has 4 heteroatoms. The number of rotatable bonds is 1. The van der Waals surface area contributed by atoms with Gasteiger partial charge in [0.2, 0.25) is 11.8 Å². The number of amides is 2. The second kappa shape index (κ2) is 10.5. The summed E-state index contributed by atoms with van der Waals surface area (Å²) < 4.78 is 0. The molecule has 2 rings (SSSR count). The maximum Gasteiger partial charge on any atom is 0.220 e. The lowest BCUT2D eigenvalue weighted by Gasteiger charge is -1.80. The van der Waals surface area contributed by atoms with Crippen LogP contribution in [0.1, 0.15) is 52.4 Å². The van der Waals surface area contributed by atoms with E-state index in [1.807, 2.05) is 0 Å². The highest BCUT2D eigenvalue weighted by molar-refractivity contribution is 5.77. The number of hydrogen-bond acceptors (Lipinski definition) is 2. The van der Waals surface area contributed by atoms with E-state index in [1.165, 1.54) is 12.8 Å². The average molecular weight is 228 g/mol. The minimum Gasteiger partial charge on any atom is -0.356 e. The third-order valence-electron chi connectivity index (χ3n) is 2.31. The fourth-order valence-corrected chi connectivity index (χ4v) is 1.13. The lowest BCUT2D eigenvalue weighted by atomic mass is 10.4. The zero-order chi connectivity index (χ0) is 12.2. The Hall–Kier alpha value is -1.06. The van der Waals surface area contributed by atoms with Crippen LogP contribution >= 0.6 is 0 Å². The molecule has 0 saturated carbocycles. The Morgan fingerprint density at radius 2 is 1.25 bits per heavy atom. The summed E-state index contributed by atoms with van der Waals surface area (Å²) in [6.07, 6.45) is 6.16. The quantitative estimate of drug-likeness (QED) is 0.716. The van der Waals surface area contributed by atoms with Crippen molar-refractivity contribution in [3.8, 4) is 0 Å². The van der Waals surface area contributed by atoms with E-state index in [0.717, 1.165) is 38.8 Å². The Balaban J connectivity index is 0.000000217. The summed E-state index contributed by atoms with van der Waals surface area (Å²) >= 11 is 0. The predicted molar refractivity (Wildman–Crippen MR) is 65.1 cm³/mol. The zero-order valence-electron chi connectivity index (χ0n) is 10.5. The van der Waals surface area contributed by atoms with Crippen LogP contribution in [0.25, 0.3) is 0 Å². The molecule has 2 fully saturated rings. The zero-order valence-corrected chi connectivity index (χ0v) is 10.5. The summed E-state index contributed by atoms with van der Waals surface area (Å²) in [4.78, 5) is 20.3. The van der Waals surface area contributed by atoms with Gasteiger partial charge >= 0.3 is 0 Å². The third kappa shape index (κ3) is 9.49. The minimum absolute atomic E-state index is 0.204. The molecule has 2 saturated heterocycles. The van der Waals surface area contributed by atoms with Crippen LogP contribution in [0.4, 0.5) is 0 Å².